The van der Waals surface area contributed by atoms with Gasteiger partial charge in [-0.3, -0.25) is 0 Å². The molecule has 4 aliphatic carbocycles. The summed E-state index contributed by atoms with van der Waals surface area (Å²) in [6.07, 6.45) is 3.86. The van der Waals surface area contributed by atoms with Crippen LogP contribution in [0.25, 0.3) is 0 Å². The van der Waals surface area contributed by atoms with Crippen LogP contribution in [0.4, 0.5) is 13.2 Å². The van der Waals surface area contributed by atoms with Crippen LogP contribution >= 0.6 is 0 Å². The Labute approximate surface area is 152 Å². The van der Waals surface area contributed by atoms with Crippen molar-refractivity contribution in [1.82, 2.24) is 0 Å². The van der Waals surface area contributed by atoms with Crippen LogP contribution in [0.15, 0.2) is 12.2 Å². The topological polar surface area (TPSA) is 50.9 Å². The van der Waals surface area contributed by atoms with Gasteiger partial charge in [-0.15, -0.1) is 0 Å². The Morgan fingerprint density at radius 1 is 1.19 bits per heavy atom. The molecular formula is C20H27F3O3+2. The number of esters is 1. The quantitative estimate of drug-likeness (QED) is 0.344. The first-order valence-electron chi connectivity index (χ1n) is 9.67. The molecule has 3 nitrogen and oxygen atoms in total. The first kappa shape index (κ1) is 18.2. The summed E-state index contributed by atoms with van der Waals surface area (Å²) in [7, 11) is 0. The van der Waals surface area contributed by atoms with Crippen molar-refractivity contribution >= 4 is 5.97 Å². The molecule has 0 aromatic rings. The highest BCUT2D eigenvalue weighted by Crippen LogP contribution is 2.56. The molecule has 4 aliphatic rings. The second-order valence-corrected chi connectivity index (χ2v) is 8.93. The lowest BCUT2D eigenvalue weighted by molar-refractivity contribution is -0.247. The second kappa shape index (κ2) is 6.18. The predicted octanol–water partition coefficient (Wildman–Crippen LogP) is 3.90. The first-order valence-corrected chi connectivity index (χ1v) is 9.67. The third kappa shape index (κ3) is 3.04. The molecule has 0 saturated heterocycles. The molecule has 8 atom stereocenters. The normalized spacial score (nSPS) is 43.0. The van der Waals surface area contributed by atoms with E-state index in [2.05, 4.69) is 19.1 Å². The zero-order chi connectivity index (χ0) is 18.7. The average Bonchev–Trinajstić information content (AvgIpc) is 3.31. The molecule has 0 aromatic heterocycles. The number of rotatable bonds is 5. The van der Waals surface area contributed by atoms with Crippen molar-refractivity contribution in [2.75, 3.05) is 6.61 Å². The zero-order valence-electron chi connectivity index (χ0n) is 14.8. The maximum Gasteiger partial charge on any atom is 0.486 e. The van der Waals surface area contributed by atoms with E-state index >= 15 is 0 Å². The van der Waals surface area contributed by atoms with Crippen LogP contribution in [0.5, 0.6) is 0 Å². The number of halogens is 3. The molecule has 0 spiro atoms. The third-order valence-electron chi connectivity index (χ3n) is 7.38. The van der Waals surface area contributed by atoms with E-state index in [1.54, 1.807) is 0 Å². The van der Waals surface area contributed by atoms with Gasteiger partial charge in [0.15, 0.2) is 6.61 Å². The van der Waals surface area contributed by atoms with E-state index in [0.717, 1.165) is 25.7 Å². The Morgan fingerprint density at radius 2 is 1.96 bits per heavy atom. The van der Waals surface area contributed by atoms with Crippen molar-refractivity contribution in [3.63, 3.8) is 0 Å². The summed E-state index contributed by atoms with van der Waals surface area (Å²) >= 11 is 0. The molecule has 2 N–H and O–H groups in total. The van der Waals surface area contributed by atoms with E-state index in [4.69, 9.17) is 4.74 Å². The van der Waals surface area contributed by atoms with Crippen LogP contribution < -0.4 is 0 Å². The van der Waals surface area contributed by atoms with Gasteiger partial charge in [0.1, 0.15) is 12.8 Å². The molecule has 0 amide bonds. The van der Waals surface area contributed by atoms with E-state index in [1.165, 1.54) is 0 Å². The molecule has 6 heteroatoms. The molecule has 0 radical (unpaired) electrons. The summed E-state index contributed by atoms with van der Waals surface area (Å²) in [6, 6.07) is 0. The highest BCUT2D eigenvalue weighted by atomic mass is 19.4. The average molecular weight is 372 g/mol. The van der Waals surface area contributed by atoms with Crippen LogP contribution in [-0.4, -0.2) is 34.3 Å². The standard InChI is InChI=1S/C20H26F3O3/c1-19(25,20(21,22)23)9-14-8-13-4-5-15(14)17(13)10-26-18(24)16-7-11-2-3-12(16)6-11/h2-3,11-17,25H,1,4-10H2/q+1/p+1. The summed E-state index contributed by atoms with van der Waals surface area (Å²) in [5.74, 6) is 1.49. The molecule has 0 heterocycles. The monoisotopic (exact) mass is 372 g/mol. The summed E-state index contributed by atoms with van der Waals surface area (Å²) in [6.45, 7) is 3.38. The van der Waals surface area contributed by atoms with Crippen molar-refractivity contribution in [3.8, 4) is 0 Å². The number of ether oxygens (including phenoxy) is 1. The van der Waals surface area contributed by atoms with Crippen LogP contribution in [0.1, 0.15) is 38.5 Å². The first-order chi connectivity index (χ1) is 12.2. The summed E-state index contributed by atoms with van der Waals surface area (Å²) in [5, 5.41) is 9.73. The Hall–Kier alpha value is -1.17. The Bertz CT molecular complexity index is 598. The molecule has 144 valence electrons. The minimum absolute atomic E-state index is 0.0648. The molecule has 8 unspecified atom stereocenters. The van der Waals surface area contributed by atoms with Crippen molar-refractivity contribution in [3.05, 3.63) is 19.1 Å². The number of fused-ring (bicyclic) bond motifs is 4. The molecule has 0 aromatic carbocycles. The van der Waals surface area contributed by atoms with E-state index in [-0.39, 0.29) is 36.1 Å². The lowest BCUT2D eigenvalue weighted by atomic mass is 9.80. The van der Waals surface area contributed by atoms with Gasteiger partial charge in [0, 0.05) is 12.3 Å². The zero-order valence-corrected chi connectivity index (χ0v) is 14.8. The Morgan fingerprint density at radius 3 is 2.58 bits per heavy atom. The van der Waals surface area contributed by atoms with Crippen LogP contribution in [0.3, 0.4) is 0 Å². The van der Waals surface area contributed by atoms with Gasteiger partial charge in [0.05, 0.1) is 0 Å². The minimum Gasteiger partial charge on any atom is -0.344 e. The van der Waals surface area contributed by atoms with Gasteiger partial charge in [0.25, 0.3) is 5.60 Å². The molecule has 3 saturated carbocycles. The number of alkyl halides is 3. The number of carbonyl (C=O) groups excluding carboxylic acids is 1. The van der Waals surface area contributed by atoms with Crippen LogP contribution in [0.2, 0.25) is 0 Å². The Kier molecular flexibility index (Phi) is 4.33. The molecule has 4 bridgehead atoms. The number of aliphatic hydroxyl groups is 1. The molecule has 26 heavy (non-hydrogen) atoms. The van der Waals surface area contributed by atoms with Gasteiger partial charge < -0.3 is 14.6 Å². The van der Waals surface area contributed by atoms with Gasteiger partial charge in [0.2, 0.25) is 0 Å². The molecular weight excluding hydrogens is 345 g/mol. The lowest BCUT2D eigenvalue weighted by Gasteiger charge is -2.28. The minimum atomic E-state index is -4.71. The van der Waals surface area contributed by atoms with Gasteiger partial charge in [-0.2, -0.15) is 13.2 Å². The predicted molar refractivity (Wildman–Crippen MR) is 90.5 cm³/mol. The van der Waals surface area contributed by atoms with E-state index < -0.39 is 11.8 Å². The fraction of sp³-hybridized carbons (Fsp3) is 0.800. The summed E-state index contributed by atoms with van der Waals surface area (Å²) in [4.78, 5) is 10.3. The number of hydrogen-bond acceptors (Lipinski definition) is 2. The van der Waals surface area contributed by atoms with Gasteiger partial charge in [-0.05, 0) is 61.7 Å². The third-order valence-corrected chi connectivity index (χ3v) is 7.38. The second-order valence-electron chi connectivity index (χ2n) is 8.93. The van der Waals surface area contributed by atoms with Crippen molar-refractivity contribution < 1.29 is 27.8 Å². The number of allylic oxidation sites excluding steroid dienone is 2. The van der Waals surface area contributed by atoms with Gasteiger partial charge in [-0.25, -0.2) is 0 Å². The van der Waals surface area contributed by atoms with Crippen molar-refractivity contribution in [1.29, 1.82) is 0 Å². The fourth-order valence-corrected chi connectivity index (χ4v) is 6.02. The molecule has 0 aliphatic heterocycles. The number of hydrogen-bond donors (Lipinski definition) is 1. The molecule has 4 rings (SSSR count). The smallest absolute Gasteiger partial charge is 0.344 e. The van der Waals surface area contributed by atoms with E-state index in [1.807, 2.05) is 0 Å². The largest absolute Gasteiger partial charge is 0.486 e. The van der Waals surface area contributed by atoms with E-state index in [0.29, 0.717) is 30.8 Å². The van der Waals surface area contributed by atoms with Crippen molar-refractivity contribution in [2.24, 2.45) is 41.4 Å². The maximum absolute atomic E-state index is 12.9. The van der Waals surface area contributed by atoms with Crippen molar-refractivity contribution in [2.45, 2.75) is 50.3 Å². The van der Waals surface area contributed by atoms with Crippen LogP contribution in [0, 0.1) is 48.3 Å². The highest BCUT2D eigenvalue weighted by Gasteiger charge is 2.61. The highest BCUT2D eigenvalue weighted by molar-refractivity contribution is 5.75. The van der Waals surface area contributed by atoms with Gasteiger partial charge in [-0.1, -0.05) is 12.2 Å². The summed E-state index contributed by atoms with van der Waals surface area (Å²) < 4.78 is 44.6. The van der Waals surface area contributed by atoms with E-state index in [9.17, 15) is 23.1 Å². The SMILES string of the molecule is [CH2+]C(O)(CC1CC2CCC1C2COC(=[OH+])C1CC2C=CC1C2)C(F)(F)F. The van der Waals surface area contributed by atoms with Crippen LogP contribution in [-0.2, 0) is 4.74 Å². The Balaban J connectivity index is 1.33. The molecule has 3 fully saturated rings. The lowest BCUT2D eigenvalue weighted by Crippen LogP contribution is -2.44. The maximum atomic E-state index is 12.9. The van der Waals surface area contributed by atoms with Gasteiger partial charge >= 0.3 is 12.1 Å². The summed E-state index contributed by atoms with van der Waals surface area (Å²) in [5.41, 5.74) is -2.88. The fourth-order valence-electron chi connectivity index (χ4n) is 6.02.